The van der Waals surface area contributed by atoms with Gasteiger partial charge in [0.2, 0.25) is 0 Å². The van der Waals surface area contributed by atoms with E-state index in [0.717, 1.165) is 45.1 Å². The van der Waals surface area contributed by atoms with Crippen molar-refractivity contribution in [2.24, 2.45) is 5.92 Å². The maximum Gasteiger partial charge on any atom is 0.0954 e. The minimum atomic E-state index is 0.253. The van der Waals surface area contributed by atoms with Crippen LogP contribution in [0, 0.1) is 5.92 Å². The fourth-order valence-electron chi connectivity index (χ4n) is 3.66. The summed E-state index contributed by atoms with van der Waals surface area (Å²) in [5.41, 5.74) is 2.88. The average Bonchev–Trinajstić information content (AvgIpc) is 2.49. The van der Waals surface area contributed by atoms with Crippen LogP contribution in [-0.2, 0) is 11.2 Å². The van der Waals surface area contributed by atoms with Crippen LogP contribution in [0.15, 0.2) is 24.3 Å². The molecule has 2 aliphatic heterocycles. The summed E-state index contributed by atoms with van der Waals surface area (Å²) in [6.07, 6.45) is 2.58. The summed E-state index contributed by atoms with van der Waals surface area (Å²) in [6.45, 7) is 9.89. The highest BCUT2D eigenvalue weighted by Gasteiger charge is 2.28. The Morgan fingerprint density at radius 2 is 2.19 bits per heavy atom. The molecule has 116 valence electrons. The van der Waals surface area contributed by atoms with Crippen LogP contribution in [0.25, 0.3) is 0 Å². The highest BCUT2D eigenvalue weighted by atomic mass is 16.5. The Hall–Kier alpha value is -0.900. The minimum Gasteiger partial charge on any atom is -0.372 e. The van der Waals surface area contributed by atoms with Crippen molar-refractivity contribution in [2.45, 2.75) is 38.8 Å². The van der Waals surface area contributed by atoms with Crippen LogP contribution in [-0.4, -0.2) is 43.7 Å². The molecule has 1 saturated heterocycles. The van der Waals surface area contributed by atoms with E-state index in [4.69, 9.17) is 4.74 Å². The molecule has 3 nitrogen and oxygen atoms in total. The molecule has 3 rings (SSSR count). The topological polar surface area (TPSA) is 24.5 Å². The molecule has 0 spiro atoms. The standard InChI is InChI=1S/C18H28N2O/c1-14(2)11-16-12-19-8-9-20(16)13-18-17-6-4-3-5-15(17)7-10-21-18/h3-6,14,16,18-19H,7-13H2,1-2H3. The molecule has 2 aliphatic rings. The molecule has 1 aromatic rings. The Morgan fingerprint density at radius 1 is 1.33 bits per heavy atom. The van der Waals surface area contributed by atoms with Gasteiger partial charge in [0.15, 0.2) is 0 Å². The molecule has 0 amide bonds. The van der Waals surface area contributed by atoms with Crippen molar-refractivity contribution >= 4 is 0 Å². The second-order valence-corrected chi connectivity index (χ2v) is 6.79. The molecular formula is C18H28N2O. The van der Waals surface area contributed by atoms with Crippen LogP contribution < -0.4 is 5.32 Å². The molecule has 3 heteroatoms. The summed E-state index contributed by atoms with van der Waals surface area (Å²) in [4.78, 5) is 2.64. The smallest absolute Gasteiger partial charge is 0.0954 e. The maximum atomic E-state index is 6.10. The van der Waals surface area contributed by atoms with Gasteiger partial charge >= 0.3 is 0 Å². The molecule has 0 bridgehead atoms. The lowest BCUT2D eigenvalue weighted by molar-refractivity contribution is -0.00128. The summed E-state index contributed by atoms with van der Waals surface area (Å²) in [7, 11) is 0. The Labute approximate surface area is 128 Å². The number of hydrogen-bond donors (Lipinski definition) is 1. The van der Waals surface area contributed by atoms with Gasteiger partial charge in [0, 0.05) is 32.2 Å². The van der Waals surface area contributed by atoms with Crippen molar-refractivity contribution in [3.05, 3.63) is 35.4 Å². The van der Waals surface area contributed by atoms with E-state index >= 15 is 0 Å². The fraction of sp³-hybridized carbons (Fsp3) is 0.667. The second kappa shape index (κ2) is 6.91. The van der Waals surface area contributed by atoms with Gasteiger partial charge in [0.25, 0.3) is 0 Å². The van der Waals surface area contributed by atoms with Gasteiger partial charge in [0.1, 0.15) is 0 Å². The molecule has 2 heterocycles. The lowest BCUT2D eigenvalue weighted by Crippen LogP contribution is -2.53. The normalized spacial score (nSPS) is 26.8. The van der Waals surface area contributed by atoms with E-state index in [1.54, 1.807) is 0 Å². The molecule has 1 aromatic carbocycles. The van der Waals surface area contributed by atoms with Crippen molar-refractivity contribution in [3.63, 3.8) is 0 Å². The van der Waals surface area contributed by atoms with Gasteiger partial charge in [-0.1, -0.05) is 38.1 Å². The highest BCUT2D eigenvalue weighted by Crippen LogP contribution is 2.29. The van der Waals surface area contributed by atoms with Crippen LogP contribution in [0.2, 0.25) is 0 Å². The summed E-state index contributed by atoms with van der Waals surface area (Å²) in [5.74, 6) is 0.747. The first-order valence-corrected chi connectivity index (χ1v) is 8.38. The van der Waals surface area contributed by atoms with Crippen LogP contribution >= 0.6 is 0 Å². The van der Waals surface area contributed by atoms with Gasteiger partial charge in [-0.15, -0.1) is 0 Å². The van der Waals surface area contributed by atoms with Gasteiger partial charge in [-0.3, -0.25) is 4.90 Å². The minimum absolute atomic E-state index is 0.253. The Bertz CT molecular complexity index is 460. The molecule has 1 N–H and O–H groups in total. The van der Waals surface area contributed by atoms with E-state index in [1.807, 2.05) is 0 Å². The molecule has 0 aliphatic carbocycles. The fourth-order valence-corrected chi connectivity index (χ4v) is 3.66. The molecule has 0 aromatic heterocycles. The number of nitrogens with zero attached hydrogens (tertiary/aromatic N) is 1. The first-order chi connectivity index (χ1) is 10.2. The molecule has 0 radical (unpaired) electrons. The molecule has 2 atom stereocenters. The molecule has 1 fully saturated rings. The van der Waals surface area contributed by atoms with Gasteiger partial charge in [-0.05, 0) is 29.9 Å². The summed E-state index contributed by atoms with van der Waals surface area (Å²) in [5, 5.41) is 3.54. The Morgan fingerprint density at radius 3 is 3.05 bits per heavy atom. The van der Waals surface area contributed by atoms with Crippen molar-refractivity contribution in [3.8, 4) is 0 Å². The summed E-state index contributed by atoms with van der Waals surface area (Å²) >= 11 is 0. The van der Waals surface area contributed by atoms with Crippen LogP contribution in [0.1, 0.15) is 37.5 Å². The number of rotatable bonds is 4. The lowest BCUT2D eigenvalue weighted by atomic mass is 9.95. The zero-order valence-corrected chi connectivity index (χ0v) is 13.3. The second-order valence-electron chi connectivity index (χ2n) is 6.79. The first-order valence-electron chi connectivity index (χ1n) is 8.38. The van der Waals surface area contributed by atoms with E-state index in [1.165, 1.54) is 17.5 Å². The van der Waals surface area contributed by atoms with Gasteiger partial charge in [-0.2, -0.15) is 0 Å². The summed E-state index contributed by atoms with van der Waals surface area (Å²) in [6, 6.07) is 9.45. The number of piperazine rings is 1. The van der Waals surface area contributed by atoms with Crippen LogP contribution in [0.5, 0.6) is 0 Å². The van der Waals surface area contributed by atoms with E-state index in [0.29, 0.717) is 6.04 Å². The van der Waals surface area contributed by atoms with Crippen LogP contribution in [0.4, 0.5) is 0 Å². The van der Waals surface area contributed by atoms with Gasteiger partial charge in [0.05, 0.1) is 12.7 Å². The maximum absolute atomic E-state index is 6.10. The quantitative estimate of drug-likeness (QED) is 0.922. The number of fused-ring (bicyclic) bond motifs is 1. The zero-order chi connectivity index (χ0) is 14.7. The monoisotopic (exact) mass is 288 g/mol. The Balaban J connectivity index is 1.70. The third kappa shape index (κ3) is 3.65. The number of benzene rings is 1. The summed E-state index contributed by atoms with van der Waals surface area (Å²) < 4.78 is 6.10. The predicted octanol–water partition coefficient (Wildman–Crippen LogP) is 2.62. The molecular weight excluding hydrogens is 260 g/mol. The van der Waals surface area contributed by atoms with Gasteiger partial charge < -0.3 is 10.1 Å². The van der Waals surface area contributed by atoms with E-state index in [2.05, 4.69) is 48.3 Å². The number of ether oxygens (including phenoxy) is 1. The van der Waals surface area contributed by atoms with Crippen molar-refractivity contribution in [1.29, 1.82) is 0 Å². The third-order valence-electron chi connectivity index (χ3n) is 4.71. The Kier molecular flexibility index (Phi) is 4.94. The highest BCUT2D eigenvalue weighted by molar-refractivity contribution is 5.31. The van der Waals surface area contributed by atoms with Crippen molar-refractivity contribution in [2.75, 3.05) is 32.8 Å². The SMILES string of the molecule is CC(C)CC1CNCCN1CC1OCCc2ccccc21. The van der Waals surface area contributed by atoms with Gasteiger partial charge in [-0.25, -0.2) is 0 Å². The lowest BCUT2D eigenvalue weighted by Gasteiger charge is -2.40. The van der Waals surface area contributed by atoms with Crippen LogP contribution in [0.3, 0.4) is 0 Å². The largest absolute Gasteiger partial charge is 0.372 e. The predicted molar refractivity (Wildman–Crippen MR) is 86.5 cm³/mol. The first kappa shape index (κ1) is 15.0. The van der Waals surface area contributed by atoms with E-state index in [9.17, 15) is 0 Å². The molecule has 2 unspecified atom stereocenters. The number of nitrogens with one attached hydrogen (secondary N) is 1. The number of hydrogen-bond acceptors (Lipinski definition) is 3. The molecule has 21 heavy (non-hydrogen) atoms. The van der Waals surface area contributed by atoms with E-state index < -0.39 is 0 Å². The van der Waals surface area contributed by atoms with E-state index in [-0.39, 0.29) is 6.10 Å². The van der Waals surface area contributed by atoms with Crippen molar-refractivity contribution in [1.82, 2.24) is 10.2 Å². The molecule has 0 saturated carbocycles. The zero-order valence-electron chi connectivity index (χ0n) is 13.3. The average molecular weight is 288 g/mol. The third-order valence-corrected chi connectivity index (χ3v) is 4.71. The van der Waals surface area contributed by atoms with Crippen molar-refractivity contribution < 1.29 is 4.74 Å².